The number of nitrogens with two attached hydrogens (primary N) is 1. The van der Waals surface area contributed by atoms with E-state index in [0.717, 1.165) is 0 Å². The average Bonchev–Trinajstić information content (AvgIpc) is 2.09. The number of phenols is 1. The molecule has 0 heterocycles. The zero-order chi connectivity index (χ0) is 10.1. The van der Waals surface area contributed by atoms with Crippen LogP contribution in [0.3, 0.4) is 0 Å². The van der Waals surface area contributed by atoms with Crippen LogP contribution in [-0.4, -0.2) is 5.11 Å². The summed E-state index contributed by atoms with van der Waals surface area (Å²) in [6.07, 6.45) is 1.53. The molecule has 0 bridgehead atoms. The van der Waals surface area contributed by atoms with Crippen LogP contribution in [0, 0.1) is 5.82 Å². The molecule has 1 aromatic carbocycles. The van der Waals surface area contributed by atoms with Crippen molar-refractivity contribution < 1.29 is 9.50 Å². The van der Waals surface area contributed by atoms with Gasteiger partial charge in [-0.1, -0.05) is 12.1 Å². The molecule has 0 aromatic heterocycles. The van der Waals surface area contributed by atoms with Gasteiger partial charge in [0.1, 0.15) is 0 Å². The van der Waals surface area contributed by atoms with Crippen LogP contribution in [0.2, 0.25) is 0 Å². The van der Waals surface area contributed by atoms with E-state index in [1.165, 1.54) is 18.2 Å². The van der Waals surface area contributed by atoms with E-state index >= 15 is 0 Å². The standard InChI is InChI=1S/C10H12FNO/c1-3-10(2,12)7-4-5-9(13)8(11)6-7/h3-6,13H,1,12H2,2H3. The highest BCUT2D eigenvalue weighted by molar-refractivity contribution is 5.34. The molecular formula is C10H12FNO. The topological polar surface area (TPSA) is 46.2 Å². The summed E-state index contributed by atoms with van der Waals surface area (Å²) in [6, 6.07) is 4.05. The SMILES string of the molecule is C=CC(C)(N)c1ccc(O)c(F)c1. The van der Waals surface area contributed by atoms with Crippen LogP contribution in [0.15, 0.2) is 30.9 Å². The lowest BCUT2D eigenvalue weighted by Gasteiger charge is -2.20. The maximum Gasteiger partial charge on any atom is 0.165 e. The first-order valence-corrected chi connectivity index (χ1v) is 3.89. The van der Waals surface area contributed by atoms with Crippen molar-refractivity contribution in [2.45, 2.75) is 12.5 Å². The molecule has 0 saturated heterocycles. The van der Waals surface area contributed by atoms with Crippen LogP contribution in [-0.2, 0) is 5.54 Å². The predicted molar refractivity (Wildman–Crippen MR) is 49.8 cm³/mol. The molecular weight excluding hydrogens is 169 g/mol. The average molecular weight is 181 g/mol. The Bertz CT molecular complexity index is 334. The summed E-state index contributed by atoms with van der Waals surface area (Å²) < 4.78 is 12.9. The molecule has 0 fully saturated rings. The number of aromatic hydroxyl groups is 1. The predicted octanol–water partition coefficient (Wildman–Crippen LogP) is 1.89. The summed E-state index contributed by atoms with van der Waals surface area (Å²) in [7, 11) is 0. The Morgan fingerprint density at radius 2 is 2.23 bits per heavy atom. The third-order valence-electron chi connectivity index (χ3n) is 1.99. The van der Waals surface area contributed by atoms with Gasteiger partial charge in [0.2, 0.25) is 0 Å². The minimum absolute atomic E-state index is 0.372. The molecule has 1 unspecified atom stereocenters. The number of rotatable bonds is 2. The van der Waals surface area contributed by atoms with Crippen molar-refractivity contribution in [3.63, 3.8) is 0 Å². The van der Waals surface area contributed by atoms with Crippen LogP contribution in [0.25, 0.3) is 0 Å². The molecule has 70 valence electrons. The summed E-state index contributed by atoms with van der Waals surface area (Å²) in [4.78, 5) is 0. The van der Waals surface area contributed by atoms with Gasteiger partial charge < -0.3 is 10.8 Å². The van der Waals surface area contributed by atoms with Gasteiger partial charge in [-0.05, 0) is 24.6 Å². The Morgan fingerprint density at radius 1 is 1.62 bits per heavy atom. The summed E-state index contributed by atoms with van der Waals surface area (Å²) in [5, 5.41) is 8.94. The first kappa shape index (κ1) is 9.74. The Morgan fingerprint density at radius 3 is 2.69 bits per heavy atom. The van der Waals surface area contributed by atoms with Crippen LogP contribution < -0.4 is 5.73 Å². The lowest BCUT2D eigenvalue weighted by atomic mass is 9.93. The van der Waals surface area contributed by atoms with Crippen molar-refractivity contribution in [1.82, 2.24) is 0 Å². The maximum absolute atomic E-state index is 12.9. The van der Waals surface area contributed by atoms with Gasteiger partial charge in [0.15, 0.2) is 11.6 Å². The Hall–Kier alpha value is -1.35. The largest absolute Gasteiger partial charge is 0.505 e. The fourth-order valence-electron chi connectivity index (χ4n) is 0.960. The second-order valence-electron chi connectivity index (χ2n) is 3.15. The van der Waals surface area contributed by atoms with E-state index in [1.54, 1.807) is 13.0 Å². The highest BCUT2D eigenvalue weighted by atomic mass is 19.1. The normalized spacial score (nSPS) is 15.0. The Balaban J connectivity index is 3.18. The molecule has 1 aromatic rings. The van der Waals surface area contributed by atoms with E-state index in [1.807, 2.05) is 0 Å². The molecule has 0 aliphatic carbocycles. The first-order chi connectivity index (χ1) is 5.97. The van der Waals surface area contributed by atoms with Crippen molar-refractivity contribution in [2.24, 2.45) is 5.73 Å². The van der Waals surface area contributed by atoms with Crippen molar-refractivity contribution in [3.05, 3.63) is 42.2 Å². The number of benzene rings is 1. The zero-order valence-electron chi connectivity index (χ0n) is 7.42. The highest BCUT2D eigenvalue weighted by Crippen LogP contribution is 2.23. The van der Waals surface area contributed by atoms with E-state index < -0.39 is 11.4 Å². The van der Waals surface area contributed by atoms with Crippen LogP contribution in [0.4, 0.5) is 4.39 Å². The number of halogens is 1. The lowest BCUT2D eigenvalue weighted by Crippen LogP contribution is -2.30. The van der Waals surface area contributed by atoms with E-state index in [4.69, 9.17) is 10.8 Å². The molecule has 0 radical (unpaired) electrons. The molecule has 2 nitrogen and oxygen atoms in total. The smallest absolute Gasteiger partial charge is 0.165 e. The summed E-state index contributed by atoms with van der Waals surface area (Å²) in [5.41, 5.74) is 5.60. The zero-order valence-corrected chi connectivity index (χ0v) is 7.42. The molecule has 1 atom stereocenters. The summed E-state index contributed by atoms with van der Waals surface area (Å²) in [6.45, 7) is 5.26. The van der Waals surface area contributed by atoms with Gasteiger partial charge in [-0.2, -0.15) is 0 Å². The van der Waals surface area contributed by atoms with Gasteiger partial charge in [-0.15, -0.1) is 6.58 Å². The van der Waals surface area contributed by atoms with Gasteiger partial charge in [0.25, 0.3) is 0 Å². The minimum Gasteiger partial charge on any atom is -0.505 e. The van der Waals surface area contributed by atoms with E-state index in [2.05, 4.69) is 6.58 Å². The first-order valence-electron chi connectivity index (χ1n) is 3.89. The van der Waals surface area contributed by atoms with E-state index in [0.29, 0.717) is 5.56 Å². The fraction of sp³-hybridized carbons (Fsp3) is 0.200. The van der Waals surface area contributed by atoms with E-state index in [9.17, 15) is 4.39 Å². The molecule has 1 rings (SSSR count). The van der Waals surface area contributed by atoms with Gasteiger partial charge in [0.05, 0.1) is 5.54 Å². The molecule has 0 saturated carbocycles. The number of phenolic OH excluding ortho intramolecular Hbond substituents is 1. The molecule has 13 heavy (non-hydrogen) atoms. The van der Waals surface area contributed by atoms with Gasteiger partial charge in [0, 0.05) is 0 Å². The van der Waals surface area contributed by atoms with Crippen molar-refractivity contribution in [1.29, 1.82) is 0 Å². The van der Waals surface area contributed by atoms with Crippen LogP contribution in [0.1, 0.15) is 12.5 Å². The molecule has 0 aliphatic rings. The minimum atomic E-state index is -0.769. The van der Waals surface area contributed by atoms with Crippen LogP contribution in [0.5, 0.6) is 5.75 Å². The van der Waals surface area contributed by atoms with Crippen LogP contribution >= 0.6 is 0 Å². The van der Waals surface area contributed by atoms with Crippen molar-refractivity contribution in [2.75, 3.05) is 0 Å². The molecule has 0 aliphatic heterocycles. The number of hydrogen-bond donors (Lipinski definition) is 2. The summed E-state index contributed by atoms with van der Waals surface area (Å²) in [5.74, 6) is -1.04. The summed E-state index contributed by atoms with van der Waals surface area (Å²) >= 11 is 0. The maximum atomic E-state index is 12.9. The second-order valence-corrected chi connectivity index (χ2v) is 3.15. The molecule has 0 amide bonds. The Labute approximate surface area is 76.5 Å². The Kier molecular flexibility index (Phi) is 2.38. The third-order valence-corrected chi connectivity index (χ3v) is 1.99. The quantitative estimate of drug-likeness (QED) is 0.684. The number of hydrogen-bond acceptors (Lipinski definition) is 2. The van der Waals surface area contributed by atoms with Gasteiger partial charge in [-0.25, -0.2) is 4.39 Å². The van der Waals surface area contributed by atoms with Gasteiger partial charge >= 0.3 is 0 Å². The second kappa shape index (κ2) is 3.18. The molecule has 3 heteroatoms. The lowest BCUT2D eigenvalue weighted by molar-refractivity contribution is 0.430. The van der Waals surface area contributed by atoms with Crippen molar-refractivity contribution >= 4 is 0 Å². The van der Waals surface area contributed by atoms with E-state index in [-0.39, 0.29) is 5.75 Å². The van der Waals surface area contributed by atoms with Gasteiger partial charge in [-0.3, -0.25) is 0 Å². The third kappa shape index (κ3) is 1.87. The monoisotopic (exact) mass is 181 g/mol. The molecule has 3 N–H and O–H groups in total. The van der Waals surface area contributed by atoms with Crippen molar-refractivity contribution in [3.8, 4) is 5.75 Å². The fourth-order valence-corrected chi connectivity index (χ4v) is 0.960. The highest BCUT2D eigenvalue weighted by Gasteiger charge is 2.17. The molecule has 0 spiro atoms.